The van der Waals surface area contributed by atoms with Gasteiger partial charge in [-0.1, -0.05) is 38.5 Å². The molecule has 37 heavy (non-hydrogen) atoms. The van der Waals surface area contributed by atoms with Gasteiger partial charge in [0, 0.05) is 65.4 Å². The number of aromatic nitrogens is 1. The molecule has 3 aliphatic rings. The van der Waals surface area contributed by atoms with Gasteiger partial charge in [-0.3, -0.25) is 9.80 Å². The molecule has 0 saturated carbocycles. The number of rotatable bonds is 8. The van der Waals surface area contributed by atoms with E-state index in [-0.39, 0.29) is 28.9 Å². The van der Waals surface area contributed by atoms with Crippen molar-refractivity contribution in [2.24, 2.45) is 5.41 Å². The lowest BCUT2D eigenvalue weighted by Gasteiger charge is -2.48. The second kappa shape index (κ2) is 9.68. The summed E-state index contributed by atoms with van der Waals surface area (Å²) in [5.74, 6) is -0.840. The number of likely N-dealkylation sites (tertiary alicyclic amines) is 1. The Morgan fingerprint density at radius 2 is 1.86 bits per heavy atom. The summed E-state index contributed by atoms with van der Waals surface area (Å²) in [4.78, 5) is 8.12. The summed E-state index contributed by atoms with van der Waals surface area (Å²) in [6.07, 6.45) is 3.11. The molecule has 6 rings (SSSR count). The fraction of sp³-hybridized carbons (Fsp3) is 0.533. The third-order valence-electron chi connectivity index (χ3n) is 8.36. The summed E-state index contributed by atoms with van der Waals surface area (Å²) in [7, 11) is 0. The summed E-state index contributed by atoms with van der Waals surface area (Å²) in [5, 5.41) is 1.13. The van der Waals surface area contributed by atoms with Crippen LogP contribution in [-0.4, -0.2) is 66.3 Å². The molecule has 7 heteroatoms. The summed E-state index contributed by atoms with van der Waals surface area (Å²) in [6.45, 7) is 11.2. The average molecular weight is 510 g/mol. The SMILES string of the molecule is CCCCN1CC(Oc2cc(F)c([C@@H]3c4[nH]c5ccccc5c4C[C@@H](C)N3CC3(C)COC3)c(F)c2)C1. The molecule has 0 amide bonds. The van der Waals surface area contributed by atoms with E-state index in [2.05, 4.69) is 41.6 Å². The van der Waals surface area contributed by atoms with Crippen LogP contribution in [0.3, 0.4) is 0 Å². The standard InChI is InChI=1S/C30H37F2N3O2/c1-4-5-10-34-14-21(15-34)37-20-12-24(31)27(25(32)13-20)29-28-23(22-8-6-7-9-26(22)33-28)11-19(2)35(29)16-30(3)17-36-18-30/h6-9,12-13,19,21,29,33H,4-5,10-11,14-18H2,1-3H3/t19-,29-/m1/s1. The van der Waals surface area contributed by atoms with Crippen molar-refractivity contribution in [3.63, 3.8) is 0 Å². The van der Waals surface area contributed by atoms with E-state index in [1.807, 2.05) is 18.2 Å². The fourth-order valence-electron chi connectivity index (χ4n) is 6.29. The average Bonchev–Trinajstić information content (AvgIpc) is 3.18. The van der Waals surface area contributed by atoms with Crippen LogP contribution in [0.15, 0.2) is 36.4 Å². The van der Waals surface area contributed by atoms with E-state index < -0.39 is 17.7 Å². The fourth-order valence-corrected chi connectivity index (χ4v) is 6.29. The quantitative estimate of drug-likeness (QED) is 0.424. The number of hydrogen-bond donors (Lipinski definition) is 1. The van der Waals surface area contributed by atoms with Crippen molar-refractivity contribution >= 4 is 10.9 Å². The Morgan fingerprint density at radius 3 is 2.54 bits per heavy atom. The van der Waals surface area contributed by atoms with E-state index in [0.29, 0.717) is 19.8 Å². The number of hydrogen-bond acceptors (Lipinski definition) is 4. The molecule has 2 fully saturated rings. The van der Waals surface area contributed by atoms with E-state index in [9.17, 15) is 0 Å². The van der Waals surface area contributed by atoms with Gasteiger partial charge >= 0.3 is 0 Å². The number of ether oxygens (including phenoxy) is 2. The van der Waals surface area contributed by atoms with Gasteiger partial charge in [0.15, 0.2) is 0 Å². The first-order chi connectivity index (χ1) is 17.8. The molecule has 0 aliphatic carbocycles. The molecule has 3 aromatic rings. The van der Waals surface area contributed by atoms with Crippen LogP contribution in [0.5, 0.6) is 5.75 Å². The van der Waals surface area contributed by atoms with Crippen LogP contribution < -0.4 is 4.74 Å². The topological polar surface area (TPSA) is 40.7 Å². The number of fused-ring (bicyclic) bond motifs is 3. The van der Waals surface area contributed by atoms with Crippen LogP contribution in [0.1, 0.15) is 56.5 Å². The number of H-pyrrole nitrogens is 1. The van der Waals surface area contributed by atoms with Crippen molar-refractivity contribution in [2.75, 3.05) is 39.4 Å². The van der Waals surface area contributed by atoms with Crippen LogP contribution in [-0.2, 0) is 11.2 Å². The molecule has 5 nitrogen and oxygen atoms in total. The van der Waals surface area contributed by atoms with Crippen molar-refractivity contribution in [2.45, 2.75) is 58.2 Å². The summed E-state index contributed by atoms with van der Waals surface area (Å²) < 4.78 is 43.3. The molecule has 0 bridgehead atoms. The van der Waals surface area contributed by atoms with Gasteiger partial charge in [0.05, 0.1) is 19.3 Å². The van der Waals surface area contributed by atoms with Gasteiger partial charge in [0.1, 0.15) is 23.5 Å². The number of benzene rings is 2. The molecular formula is C30H37F2N3O2. The Labute approximate surface area is 217 Å². The number of para-hydroxylation sites is 1. The van der Waals surface area contributed by atoms with Crippen LogP contribution in [0.4, 0.5) is 8.78 Å². The van der Waals surface area contributed by atoms with Crippen molar-refractivity contribution in [1.82, 2.24) is 14.8 Å². The highest BCUT2D eigenvalue weighted by molar-refractivity contribution is 5.85. The predicted octanol–water partition coefficient (Wildman–Crippen LogP) is 5.68. The molecule has 4 heterocycles. The molecule has 3 aliphatic heterocycles. The van der Waals surface area contributed by atoms with E-state index >= 15 is 8.78 Å². The molecule has 0 radical (unpaired) electrons. The number of nitrogens with one attached hydrogen (secondary N) is 1. The van der Waals surface area contributed by atoms with Gasteiger partial charge in [0.25, 0.3) is 0 Å². The van der Waals surface area contributed by atoms with Crippen LogP contribution in [0.2, 0.25) is 0 Å². The minimum absolute atomic E-state index is 0.0217. The van der Waals surface area contributed by atoms with Gasteiger partial charge in [-0.05, 0) is 37.9 Å². The monoisotopic (exact) mass is 509 g/mol. The smallest absolute Gasteiger partial charge is 0.135 e. The molecule has 1 N–H and O–H groups in total. The lowest BCUT2D eigenvalue weighted by molar-refractivity contribution is -0.123. The molecule has 2 atom stereocenters. The normalized spacial score (nSPS) is 24.0. The maximum absolute atomic E-state index is 15.9. The zero-order chi connectivity index (χ0) is 25.7. The first-order valence-electron chi connectivity index (χ1n) is 13.7. The van der Waals surface area contributed by atoms with Crippen LogP contribution >= 0.6 is 0 Å². The first kappa shape index (κ1) is 24.8. The molecule has 2 aromatic carbocycles. The maximum atomic E-state index is 15.9. The van der Waals surface area contributed by atoms with Crippen molar-refractivity contribution in [3.05, 3.63) is 64.9 Å². The number of unbranched alkanes of at least 4 members (excludes halogenated alkanes) is 1. The minimum Gasteiger partial charge on any atom is -0.488 e. The molecule has 0 unspecified atom stereocenters. The second-order valence-corrected chi connectivity index (χ2v) is 11.6. The maximum Gasteiger partial charge on any atom is 0.135 e. The van der Waals surface area contributed by atoms with Crippen LogP contribution in [0.25, 0.3) is 10.9 Å². The lowest BCUT2D eigenvalue weighted by atomic mass is 9.82. The lowest BCUT2D eigenvalue weighted by Crippen LogP contribution is -2.54. The predicted molar refractivity (Wildman–Crippen MR) is 141 cm³/mol. The van der Waals surface area contributed by atoms with Crippen molar-refractivity contribution in [1.29, 1.82) is 0 Å². The highest BCUT2D eigenvalue weighted by atomic mass is 19.1. The van der Waals surface area contributed by atoms with Gasteiger partial charge in [-0.2, -0.15) is 0 Å². The van der Waals surface area contributed by atoms with E-state index in [1.165, 1.54) is 12.1 Å². The Hall–Kier alpha value is -2.48. The second-order valence-electron chi connectivity index (χ2n) is 11.6. The van der Waals surface area contributed by atoms with Gasteiger partial charge in [-0.15, -0.1) is 0 Å². The van der Waals surface area contributed by atoms with Crippen LogP contribution in [0, 0.1) is 17.0 Å². The number of halogens is 2. The van der Waals surface area contributed by atoms with E-state index in [4.69, 9.17) is 9.47 Å². The third kappa shape index (κ3) is 4.55. The Balaban J connectivity index is 1.34. The molecule has 198 valence electrons. The zero-order valence-corrected chi connectivity index (χ0v) is 22.0. The summed E-state index contributed by atoms with van der Waals surface area (Å²) in [6, 6.07) is 10.5. The van der Waals surface area contributed by atoms with Gasteiger partial charge in [-0.25, -0.2) is 8.78 Å². The largest absolute Gasteiger partial charge is 0.488 e. The van der Waals surface area contributed by atoms with E-state index in [0.717, 1.165) is 61.1 Å². The summed E-state index contributed by atoms with van der Waals surface area (Å²) in [5.41, 5.74) is 3.11. The van der Waals surface area contributed by atoms with Crippen molar-refractivity contribution < 1.29 is 18.3 Å². The van der Waals surface area contributed by atoms with Gasteiger partial charge < -0.3 is 14.5 Å². The molecule has 2 saturated heterocycles. The zero-order valence-electron chi connectivity index (χ0n) is 22.0. The Bertz CT molecular complexity index is 1260. The minimum atomic E-state index is -0.555. The third-order valence-corrected chi connectivity index (χ3v) is 8.36. The Morgan fingerprint density at radius 1 is 1.14 bits per heavy atom. The molecular weight excluding hydrogens is 472 g/mol. The molecule has 1 aromatic heterocycles. The highest BCUT2D eigenvalue weighted by Gasteiger charge is 2.44. The highest BCUT2D eigenvalue weighted by Crippen LogP contribution is 2.45. The summed E-state index contributed by atoms with van der Waals surface area (Å²) >= 11 is 0. The van der Waals surface area contributed by atoms with Gasteiger partial charge in [0.2, 0.25) is 0 Å². The Kier molecular flexibility index (Phi) is 6.50. The first-order valence-corrected chi connectivity index (χ1v) is 13.7. The number of aromatic amines is 1. The molecule has 0 spiro atoms. The van der Waals surface area contributed by atoms with Crippen molar-refractivity contribution in [3.8, 4) is 5.75 Å². The number of nitrogens with zero attached hydrogens (tertiary/aromatic N) is 2. The van der Waals surface area contributed by atoms with E-state index in [1.54, 1.807) is 0 Å².